The molecule has 0 aliphatic carbocycles. The largest absolute Gasteiger partial charge is 0.375 e. The van der Waals surface area contributed by atoms with Crippen LogP contribution in [0.15, 0.2) is 41.9 Å². The maximum absolute atomic E-state index is 6.06. The predicted octanol–water partition coefficient (Wildman–Crippen LogP) is 3.73. The van der Waals surface area contributed by atoms with Crippen molar-refractivity contribution in [3.8, 4) is 0 Å². The summed E-state index contributed by atoms with van der Waals surface area (Å²) in [5, 5.41) is 2.17. The van der Waals surface area contributed by atoms with Crippen molar-refractivity contribution >= 4 is 11.3 Å². The highest BCUT2D eigenvalue weighted by atomic mass is 32.1. The average Bonchev–Trinajstić information content (AvgIpc) is 3.29. The van der Waals surface area contributed by atoms with E-state index in [9.17, 15) is 0 Å². The Balaban J connectivity index is 1.20. The normalized spacial score (nSPS) is 23.3. The van der Waals surface area contributed by atoms with Crippen LogP contribution in [0.25, 0.3) is 0 Å². The fraction of sp³-hybridized carbons (Fsp3) is 0.550. The molecule has 2 aliphatic rings. The van der Waals surface area contributed by atoms with Crippen LogP contribution in [0.3, 0.4) is 0 Å². The van der Waals surface area contributed by atoms with Crippen molar-refractivity contribution in [1.82, 2.24) is 9.88 Å². The number of ether oxygens (including phenoxy) is 2. The highest BCUT2D eigenvalue weighted by molar-refractivity contribution is 7.09. The monoisotopic (exact) mass is 358 g/mol. The third-order valence-corrected chi connectivity index (χ3v) is 6.30. The lowest BCUT2D eigenvalue weighted by Gasteiger charge is -2.38. The Bertz CT molecular complexity index is 639. The van der Waals surface area contributed by atoms with Gasteiger partial charge in [-0.05, 0) is 61.3 Å². The van der Waals surface area contributed by atoms with Gasteiger partial charge >= 0.3 is 0 Å². The molecule has 0 unspecified atom stereocenters. The maximum Gasteiger partial charge on any atom is 0.0889 e. The molecule has 0 aromatic carbocycles. The van der Waals surface area contributed by atoms with Gasteiger partial charge in [0.25, 0.3) is 0 Å². The van der Waals surface area contributed by atoms with Gasteiger partial charge in [-0.15, -0.1) is 11.3 Å². The van der Waals surface area contributed by atoms with Gasteiger partial charge < -0.3 is 9.47 Å². The summed E-state index contributed by atoms with van der Waals surface area (Å²) in [5.74, 6) is 0. The van der Waals surface area contributed by atoms with Crippen molar-refractivity contribution in [2.75, 3.05) is 26.3 Å². The van der Waals surface area contributed by atoms with E-state index in [-0.39, 0.29) is 6.10 Å². The summed E-state index contributed by atoms with van der Waals surface area (Å²) in [6, 6.07) is 10.3. The van der Waals surface area contributed by atoms with E-state index in [1.54, 1.807) is 0 Å². The molecule has 0 saturated carbocycles. The molecular weight excluding hydrogens is 332 g/mol. The molecule has 25 heavy (non-hydrogen) atoms. The van der Waals surface area contributed by atoms with Gasteiger partial charge in [-0.25, -0.2) is 0 Å². The third-order valence-electron chi connectivity index (χ3n) is 5.44. The first-order chi connectivity index (χ1) is 12.3. The number of aromatic nitrogens is 1. The van der Waals surface area contributed by atoms with Crippen LogP contribution in [0, 0.1) is 5.41 Å². The van der Waals surface area contributed by atoms with Crippen LogP contribution in [0.4, 0.5) is 0 Å². The van der Waals surface area contributed by atoms with E-state index in [0.717, 1.165) is 25.3 Å². The van der Waals surface area contributed by atoms with Gasteiger partial charge in [-0.2, -0.15) is 0 Å². The van der Waals surface area contributed by atoms with Crippen LogP contribution in [0.1, 0.15) is 29.8 Å². The number of nitrogens with zero attached hydrogens (tertiary/aromatic N) is 2. The smallest absolute Gasteiger partial charge is 0.0889 e. The Morgan fingerprint density at radius 1 is 1.24 bits per heavy atom. The number of likely N-dealkylation sites (tertiary alicyclic amines) is 1. The minimum absolute atomic E-state index is 0.243. The average molecular weight is 359 g/mol. The van der Waals surface area contributed by atoms with Gasteiger partial charge in [0, 0.05) is 17.6 Å². The molecule has 5 heteroatoms. The number of pyridine rings is 1. The molecule has 4 rings (SSSR count). The molecule has 0 radical (unpaired) electrons. The number of rotatable bonds is 6. The third kappa shape index (κ3) is 4.47. The quantitative estimate of drug-likeness (QED) is 0.788. The lowest BCUT2D eigenvalue weighted by Crippen LogP contribution is -2.40. The van der Waals surface area contributed by atoms with E-state index in [1.807, 2.05) is 35.7 Å². The first-order valence-electron chi connectivity index (χ1n) is 9.15. The molecule has 0 amide bonds. The molecule has 1 atom stereocenters. The molecule has 2 fully saturated rings. The van der Waals surface area contributed by atoms with E-state index in [4.69, 9.17) is 9.47 Å². The molecular formula is C20H26N2O2S. The molecule has 1 spiro atoms. The number of piperidine rings is 1. The van der Waals surface area contributed by atoms with Crippen molar-refractivity contribution < 1.29 is 9.47 Å². The minimum atomic E-state index is 0.243. The Labute approximate surface area is 153 Å². The lowest BCUT2D eigenvalue weighted by molar-refractivity contribution is 0.00556. The second-order valence-corrected chi connectivity index (χ2v) is 8.36. The van der Waals surface area contributed by atoms with Crippen LogP contribution < -0.4 is 0 Å². The van der Waals surface area contributed by atoms with Crippen molar-refractivity contribution in [3.63, 3.8) is 0 Å². The zero-order valence-corrected chi connectivity index (χ0v) is 15.4. The van der Waals surface area contributed by atoms with Crippen molar-refractivity contribution in [2.45, 2.75) is 38.5 Å². The fourth-order valence-corrected chi connectivity index (χ4v) is 4.68. The van der Waals surface area contributed by atoms with Crippen LogP contribution in [-0.2, 0) is 22.6 Å². The number of thiophene rings is 1. The highest BCUT2D eigenvalue weighted by Gasteiger charge is 2.42. The van der Waals surface area contributed by atoms with Crippen molar-refractivity contribution in [3.05, 3.63) is 52.5 Å². The van der Waals surface area contributed by atoms with Crippen molar-refractivity contribution in [1.29, 1.82) is 0 Å². The Hall–Kier alpha value is -1.27. The summed E-state index contributed by atoms with van der Waals surface area (Å²) in [4.78, 5) is 8.35. The first-order valence-corrected chi connectivity index (χ1v) is 10.0. The predicted molar refractivity (Wildman–Crippen MR) is 99.5 cm³/mol. The van der Waals surface area contributed by atoms with Crippen molar-refractivity contribution in [2.24, 2.45) is 5.41 Å². The Morgan fingerprint density at radius 3 is 2.92 bits per heavy atom. The fourth-order valence-electron chi connectivity index (χ4n) is 3.94. The molecule has 2 saturated heterocycles. The van der Waals surface area contributed by atoms with E-state index in [0.29, 0.717) is 18.6 Å². The minimum Gasteiger partial charge on any atom is -0.375 e. The molecule has 4 nitrogen and oxygen atoms in total. The van der Waals surface area contributed by atoms with Gasteiger partial charge in [0.05, 0.1) is 31.6 Å². The molecule has 4 heterocycles. The number of hydrogen-bond donors (Lipinski definition) is 0. The molecule has 0 bridgehead atoms. The highest BCUT2D eigenvalue weighted by Crippen LogP contribution is 2.42. The summed E-state index contributed by atoms with van der Waals surface area (Å²) in [6.07, 6.45) is 5.68. The topological polar surface area (TPSA) is 34.6 Å². The molecule has 134 valence electrons. The van der Waals surface area contributed by atoms with Gasteiger partial charge in [0.2, 0.25) is 0 Å². The van der Waals surface area contributed by atoms with Crippen LogP contribution in [0.2, 0.25) is 0 Å². The Kier molecular flexibility index (Phi) is 5.46. The molecule has 0 N–H and O–H groups in total. The van der Waals surface area contributed by atoms with E-state index < -0.39 is 0 Å². The molecule has 2 aromatic rings. The second-order valence-electron chi connectivity index (χ2n) is 7.33. The summed E-state index contributed by atoms with van der Waals surface area (Å²) in [7, 11) is 0. The SMILES string of the molecule is c1ccc(COC[C@@H]2CC3(CCN(Cc4cccs4)CC3)CO2)nc1. The van der Waals surface area contributed by atoms with E-state index in [2.05, 4.69) is 27.4 Å². The van der Waals surface area contributed by atoms with Crippen LogP contribution in [0.5, 0.6) is 0 Å². The summed E-state index contributed by atoms with van der Waals surface area (Å²) >= 11 is 1.86. The molecule has 2 aliphatic heterocycles. The summed E-state index contributed by atoms with van der Waals surface area (Å²) in [5.41, 5.74) is 1.36. The zero-order valence-electron chi connectivity index (χ0n) is 14.6. The zero-order chi connectivity index (χ0) is 17.0. The van der Waals surface area contributed by atoms with Gasteiger partial charge in [-0.1, -0.05) is 12.1 Å². The van der Waals surface area contributed by atoms with Crippen LogP contribution >= 0.6 is 11.3 Å². The Morgan fingerprint density at radius 2 is 2.16 bits per heavy atom. The van der Waals surface area contributed by atoms with Gasteiger partial charge in [-0.3, -0.25) is 9.88 Å². The molecule has 2 aromatic heterocycles. The lowest BCUT2D eigenvalue weighted by atomic mass is 9.76. The van der Waals surface area contributed by atoms with Gasteiger partial charge in [0.15, 0.2) is 0 Å². The van der Waals surface area contributed by atoms with Crippen LogP contribution in [-0.4, -0.2) is 42.3 Å². The van der Waals surface area contributed by atoms with E-state index >= 15 is 0 Å². The second kappa shape index (κ2) is 7.96. The summed E-state index contributed by atoms with van der Waals surface area (Å²) in [6.45, 7) is 5.62. The first kappa shape index (κ1) is 17.2. The summed E-state index contributed by atoms with van der Waals surface area (Å²) < 4.78 is 11.9. The standard InChI is InChI=1S/C20H26N2O2S/c1-2-8-21-17(4-1)14-23-15-18-12-20(16-24-18)6-9-22(10-7-20)13-19-5-3-11-25-19/h1-5,8,11,18H,6-7,9-10,12-16H2/t18-/m0/s1. The van der Waals surface area contributed by atoms with Gasteiger partial charge in [0.1, 0.15) is 0 Å². The van der Waals surface area contributed by atoms with E-state index in [1.165, 1.54) is 30.8 Å². The number of hydrogen-bond acceptors (Lipinski definition) is 5. The maximum atomic E-state index is 6.06.